The first-order valence-corrected chi connectivity index (χ1v) is 5.57. The van der Waals surface area contributed by atoms with Crippen LogP contribution in [0.2, 0.25) is 0 Å². The molecule has 0 fully saturated rings. The van der Waals surface area contributed by atoms with Gasteiger partial charge in [0, 0.05) is 18.2 Å². The number of phenols is 2. The molecule has 3 N–H and O–H groups in total. The fourth-order valence-corrected chi connectivity index (χ4v) is 1.66. The number of rotatable bonds is 3. The molecule has 0 aliphatic rings. The van der Waals surface area contributed by atoms with Gasteiger partial charge in [0.05, 0.1) is 5.69 Å². The number of nitrogens with one attached hydrogen (secondary N) is 1. The average molecular weight is 247 g/mol. The maximum Gasteiger partial charge on any atom is 0.146 e. The van der Waals surface area contributed by atoms with Crippen LogP contribution in [0.25, 0.3) is 0 Å². The van der Waals surface area contributed by atoms with Gasteiger partial charge in [0.1, 0.15) is 17.3 Å². The van der Waals surface area contributed by atoms with Crippen molar-refractivity contribution in [1.82, 2.24) is 0 Å². The van der Waals surface area contributed by atoms with Gasteiger partial charge >= 0.3 is 0 Å². The van der Waals surface area contributed by atoms with Gasteiger partial charge in [-0.2, -0.15) is 0 Å². The lowest BCUT2D eigenvalue weighted by molar-refractivity contribution is 0.446. The monoisotopic (exact) mass is 247 g/mol. The standard InChI is InChI=1S/C14H14FNO2/c1-9-2-5-13(12(15)6-9)16-8-10-3-4-11(17)7-14(10)18/h2-7,16-18H,8H2,1H3. The lowest BCUT2D eigenvalue weighted by atomic mass is 10.1. The number of phenolic OH excluding ortho intramolecular Hbond substituents is 2. The van der Waals surface area contributed by atoms with Crippen LogP contribution in [-0.2, 0) is 6.54 Å². The quantitative estimate of drug-likeness (QED) is 0.781. The molecule has 0 bridgehead atoms. The summed E-state index contributed by atoms with van der Waals surface area (Å²) in [5.41, 5.74) is 1.83. The molecule has 0 saturated carbocycles. The van der Waals surface area contributed by atoms with Crippen molar-refractivity contribution in [2.24, 2.45) is 0 Å². The summed E-state index contributed by atoms with van der Waals surface area (Å²) in [7, 11) is 0. The topological polar surface area (TPSA) is 52.5 Å². The molecule has 0 spiro atoms. The van der Waals surface area contributed by atoms with Crippen molar-refractivity contribution in [2.75, 3.05) is 5.32 Å². The zero-order chi connectivity index (χ0) is 13.1. The molecular weight excluding hydrogens is 233 g/mol. The van der Waals surface area contributed by atoms with Crippen LogP contribution in [0, 0.1) is 12.7 Å². The number of hydrogen-bond acceptors (Lipinski definition) is 3. The smallest absolute Gasteiger partial charge is 0.146 e. The Morgan fingerprint density at radius 1 is 1.11 bits per heavy atom. The number of aryl methyl sites for hydroxylation is 1. The van der Waals surface area contributed by atoms with Gasteiger partial charge in [-0.15, -0.1) is 0 Å². The summed E-state index contributed by atoms with van der Waals surface area (Å²) in [6.07, 6.45) is 0. The molecule has 3 nitrogen and oxygen atoms in total. The first kappa shape index (κ1) is 12.2. The first-order chi connectivity index (χ1) is 8.56. The molecule has 2 aromatic carbocycles. The summed E-state index contributed by atoms with van der Waals surface area (Å²) < 4.78 is 13.6. The van der Waals surface area contributed by atoms with E-state index in [-0.39, 0.29) is 23.9 Å². The fourth-order valence-electron chi connectivity index (χ4n) is 1.66. The molecule has 94 valence electrons. The van der Waals surface area contributed by atoms with Crippen molar-refractivity contribution in [1.29, 1.82) is 0 Å². The Morgan fingerprint density at radius 3 is 2.56 bits per heavy atom. The van der Waals surface area contributed by atoms with Gasteiger partial charge in [0.2, 0.25) is 0 Å². The predicted molar refractivity (Wildman–Crippen MR) is 68.2 cm³/mol. The van der Waals surface area contributed by atoms with E-state index in [1.54, 1.807) is 12.1 Å². The Morgan fingerprint density at radius 2 is 1.89 bits per heavy atom. The summed E-state index contributed by atoms with van der Waals surface area (Å²) in [6, 6.07) is 9.22. The molecule has 0 heterocycles. The zero-order valence-corrected chi connectivity index (χ0v) is 9.94. The van der Waals surface area contributed by atoms with Crippen LogP contribution in [0.1, 0.15) is 11.1 Å². The Labute approximate surface area is 105 Å². The van der Waals surface area contributed by atoms with Gasteiger partial charge in [-0.25, -0.2) is 4.39 Å². The van der Waals surface area contributed by atoms with E-state index < -0.39 is 0 Å². The summed E-state index contributed by atoms with van der Waals surface area (Å²) in [6.45, 7) is 2.10. The van der Waals surface area contributed by atoms with E-state index >= 15 is 0 Å². The number of anilines is 1. The SMILES string of the molecule is Cc1ccc(NCc2ccc(O)cc2O)c(F)c1. The molecule has 0 amide bonds. The maximum atomic E-state index is 13.6. The predicted octanol–water partition coefficient (Wildman–Crippen LogP) is 3.16. The molecule has 2 aromatic rings. The molecule has 4 heteroatoms. The van der Waals surface area contributed by atoms with Crippen molar-refractivity contribution < 1.29 is 14.6 Å². The van der Waals surface area contributed by atoms with E-state index in [4.69, 9.17) is 5.11 Å². The maximum absolute atomic E-state index is 13.6. The van der Waals surface area contributed by atoms with Crippen LogP contribution < -0.4 is 5.32 Å². The number of hydrogen-bond donors (Lipinski definition) is 3. The summed E-state index contributed by atoms with van der Waals surface area (Å²) in [5, 5.41) is 21.6. The first-order valence-electron chi connectivity index (χ1n) is 5.57. The zero-order valence-electron chi connectivity index (χ0n) is 9.94. The Bertz CT molecular complexity index is 518. The van der Waals surface area contributed by atoms with Crippen molar-refractivity contribution in [2.45, 2.75) is 13.5 Å². The third-order valence-corrected chi connectivity index (χ3v) is 2.66. The second-order valence-corrected chi connectivity index (χ2v) is 4.15. The molecule has 0 atom stereocenters. The molecule has 0 saturated heterocycles. The molecule has 0 radical (unpaired) electrons. The van der Waals surface area contributed by atoms with Crippen LogP contribution in [0.3, 0.4) is 0 Å². The molecule has 18 heavy (non-hydrogen) atoms. The fraction of sp³-hybridized carbons (Fsp3) is 0.143. The van der Waals surface area contributed by atoms with Gasteiger partial charge in [-0.3, -0.25) is 0 Å². The summed E-state index contributed by atoms with van der Waals surface area (Å²) >= 11 is 0. The van der Waals surface area contributed by atoms with E-state index in [9.17, 15) is 9.50 Å². The normalized spacial score (nSPS) is 10.3. The minimum atomic E-state index is -0.326. The molecule has 2 rings (SSSR count). The Balaban J connectivity index is 2.11. The van der Waals surface area contributed by atoms with E-state index in [1.165, 1.54) is 18.2 Å². The highest BCUT2D eigenvalue weighted by molar-refractivity contribution is 5.48. The van der Waals surface area contributed by atoms with Gasteiger partial charge < -0.3 is 15.5 Å². The number of benzene rings is 2. The largest absolute Gasteiger partial charge is 0.508 e. The second-order valence-electron chi connectivity index (χ2n) is 4.15. The van der Waals surface area contributed by atoms with Crippen molar-refractivity contribution in [3.8, 4) is 11.5 Å². The lowest BCUT2D eigenvalue weighted by Crippen LogP contribution is -2.01. The minimum absolute atomic E-state index is 0.00207. The summed E-state index contributed by atoms with van der Waals surface area (Å²) in [5.74, 6) is -0.346. The average Bonchev–Trinajstić information content (AvgIpc) is 2.30. The van der Waals surface area contributed by atoms with E-state index in [0.29, 0.717) is 11.3 Å². The van der Waals surface area contributed by atoms with Gasteiger partial charge in [-0.05, 0) is 36.8 Å². The molecule has 0 aliphatic carbocycles. The van der Waals surface area contributed by atoms with Crippen molar-refractivity contribution in [3.05, 3.63) is 53.3 Å². The van der Waals surface area contributed by atoms with E-state index in [1.807, 2.05) is 13.0 Å². The van der Waals surface area contributed by atoms with Gasteiger partial charge in [0.15, 0.2) is 0 Å². The molecule has 0 unspecified atom stereocenters. The van der Waals surface area contributed by atoms with Gasteiger partial charge in [-0.1, -0.05) is 6.07 Å². The van der Waals surface area contributed by atoms with Crippen molar-refractivity contribution >= 4 is 5.69 Å². The van der Waals surface area contributed by atoms with Gasteiger partial charge in [0.25, 0.3) is 0 Å². The Kier molecular flexibility index (Phi) is 3.37. The lowest BCUT2D eigenvalue weighted by Gasteiger charge is -2.09. The van der Waals surface area contributed by atoms with E-state index in [0.717, 1.165) is 5.56 Å². The van der Waals surface area contributed by atoms with Crippen LogP contribution in [0.5, 0.6) is 11.5 Å². The van der Waals surface area contributed by atoms with Crippen LogP contribution >= 0.6 is 0 Å². The highest BCUT2D eigenvalue weighted by atomic mass is 19.1. The summed E-state index contributed by atoms with van der Waals surface area (Å²) in [4.78, 5) is 0. The highest BCUT2D eigenvalue weighted by Gasteiger charge is 2.05. The van der Waals surface area contributed by atoms with Crippen LogP contribution in [0.15, 0.2) is 36.4 Å². The molecule has 0 aromatic heterocycles. The highest BCUT2D eigenvalue weighted by Crippen LogP contribution is 2.24. The molecule has 0 aliphatic heterocycles. The third-order valence-electron chi connectivity index (χ3n) is 2.66. The Hall–Kier alpha value is -2.23. The number of halogens is 1. The third kappa shape index (κ3) is 2.71. The minimum Gasteiger partial charge on any atom is -0.508 e. The molecular formula is C14H14FNO2. The van der Waals surface area contributed by atoms with E-state index in [2.05, 4.69) is 5.32 Å². The van der Waals surface area contributed by atoms with Crippen LogP contribution in [-0.4, -0.2) is 10.2 Å². The van der Waals surface area contributed by atoms with Crippen LogP contribution in [0.4, 0.5) is 10.1 Å². The number of aromatic hydroxyl groups is 2. The second kappa shape index (κ2) is 4.96. The van der Waals surface area contributed by atoms with Crippen molar-refractivity contribution in [3.63, 3.8) is 0 Å².